The van der Waals surface area contributed by atoms with Crippen LogP contribution in [0.3, 0.4) is 0 Å². The van der Waals surface area contributed by atoms with Gasteiger partial charge in [0.1, 0.15) is 11.5 Å². The van der Waals surface area contributed by atoms with E-state index in [2.05, 4.69) is 0 Å². The van der Waals surface area contributed by atoms with Gasteiger partial charge in [0.25, 0.3) is 0 Å². The topological polar surface area (TPSA) is 52.6 Å². The van der Waals surface area contributed by atoms with E-state index in [0.29, 0.717) is 16.9 Å². The molecule has 2 aromatic carbocycles. The zero-order valence-electron chi connectivity index (χ0n) is 13.3. The van der Waals surface area contributed by atoms with E-state index in [-0.39, 0.29) is 11.6 Å². The average Bonchev–Trinajstić information content (AvgIpc) is 2.55. The molecule has 0 bridgehead atoms. The number of hydrogen-bond acceptors (Lipinski definition) is 4. The van der Waals surface area contributed by atoms with Crippen molar-refractivity contribution in [3.8, 4) is 11.5 Å². The van der Waals surface area contributed by atoms with Crippen LogP contribution in [-0.2, 0) is 0 Å². The van der Waals surface area contributed by atoms with Gasteiger partial charge in [-0.15, -0.1) is 0 Å². The van der Waals surface area contributed by atoms with Gasteiger partial charge in [-0.2, -0.15) is 0 Å². The molecule has 2 aromatic rings. The predicted octanol–water partition coefficient (Wildman–Crippen LogP) is 3.80. The quantitative estimate of drug-likeness (QED) is 0.806. The molecule has 0 aliphatic rings. The summed E-state index contributed by atoms with van der Waals surface area (Å²) in [5.41, 5.74) is 1.35. The average molecular weight is 300 g/mol. The summed E-state index contributed by atoms with van der Waals surface area (Å²) in [4.78, 5) is 21.7. The van der Waals surface area contributed by atoms with Crippen molar-refractivity contribution >= 4 is 11.6 Å². The monoisotopic (exact) mass is 300 g/mol. The van der Waals surface area contributed by atoms with Gasteiger partial charge < -0.3 is 9.47 Å². The normalized spacial score (nSPS) is 9.27. The molecular formula is C18H20O4. The van der Waals surface area contributed by atoms with Crippen molar-refractivity contribution in [3.63, 3.8) is 0 Å². The molecule has 0 N–H and O–H groups in total. The highest BCUT2D eigenvalue weighted by molar-refractivity contribution is 5.96. The van der Waals surface area contributed by atoms with Gasteiger partial charge in [0.15, 0.2) is 11.6 Å². The lowest BCUT2D eigenvalue weighted by molar-refractivity contribution is 0.100. The van der Waals surface area contributed by atoms with E-state index in [1.165, 1.54) is 6.92 Å². The first-order valence-corrected chi connectivity index (χ1v) is 6.78. The Kier molecular flexibility index (Phi) is 6.83. The van der Waals surface area contributed by atoms with Gasteiger partial charge in [-0.05, 0) is 50.2 Å². The molecule has 0 saturated heterocycles. The zero-order chi connectivity index (χ0) is 16.5. The first kappa shape index (κ1) is 17.4. The Bertz CT molecular complexity index is 630. The number of benzene rings is 2. The fraction of sp³-hybridized carbons (Fsp3) is 0.222. The molecule has 0 spiro atoms. The number of hydrogen-bond donors (Lipinski definition) is 0. The minimum Gasteiger partial charge on any atom is -0.497 e. The number of methoxy groups -OCH3 is 2. The maximum absolute atomic E-state index is 10.9. The summed E-state index contributed by atoms with van der Waals surface area (Å²) in [5, 5.41) is 0. The van der Waals surface area contributed by atoms with E-state index < -0.39 is 0 Å². The van der Waals surface area contributed by atoms with E-state index in [4.69, 9.17) is 9.47 Å². The van der Waals surface area contributed by atoms with Crippen molar-refractivity contribution in [2.75, 3.05) is 14.2 Å². The first-order chi connectivity index (χ1) is 10.5. The number of ether oxygens (including phenoxy) is 2. The number of carbonyl (C=O) groups excluding carboxylic acids is 2. The first-order valence-electron chi connectivity index (χ1n) is 6.78. The largest absolute Gasteiger partial charge is 0.497 e. The molecule has 0 heterocycles. The van der Waals surface area contributed by atoms with Crippen molar-refractivity contribution in [1.29, 1.82) is 0 Å². The lowest BCUT2D eigenvalue weighted by Gasteiger charge is -2.03. The summed E-state index contributed by atoms with van der Waals surface area (Å²) in [6, 6.07) is 14.2. The summed E-state index contributed by atoms with van der Waals surface area (Å²) in [6.45, 7) is 3.07. The van der Waals surface area contributed by atoms with Gasteiger partial charge in [0.05, 0.1) is 19.8 Å². The molecule has 0 radical (unpaired) electrons. The van der Waals surface area contributed by atoms with Gasteiger partial charge in [-0.3, -0.25) is 9.59 Å². The minimum atomic E-state index is 0.0300. The van der Waals surface area contributed by atoms with Crippen LogP contribution in [0.15, 0.2) is 48.5 Å². The van der Waals surface area contributed by atoms with E-state index in [0.717, 1.165) is 5.75 Å². The highest BCUT2D eigenvalue weighted by atomic mass is 16.5. The summed E-state index contributed by atoms with van der Waals surface area (Å²) in [5.74, 6) is 1.52. The van der Waals surface area contributed by atoms with Gasteiger partial charge in [0, 0.05) is 5.56 Å². The standard InChI is InChI=1S/2C9H10O2/c1-7(10)8-3-5-9(11-2)6-4-8;1-7(10)8-5-3-4-6-9(8)11-2/h2*3-6H,1-2H3. The molecule has 0 aromatic heterocycles. The van der Waals surface area contributed by atoms with Crippen LogP contribution < -0.4 is 9.47 Å². The van der Waals surface area contributed by atoms with Crippen LogP contribution in [0.4, 0.5) is 0 Å². The molecule has 22 heavy (non-hydrogen) atoms. The summed E-state index contributed by atoms with van der Waals surface area (Å²) >= 11 is 0. The maximum Gasteiger partial charge on any atom is 0.163 e. The molecule has 0 fully saturated rings. The third-order valence-electron chi connectivity index (χ3n) is 2.98. The number of ketones is 2. The number of carbonyl (C=O) groups is 2. The van der Waals surface area contributed by atoms with Gasteiger partial charge in [-0.1, -0.05) is 12.1 Å². The molecule has 0 aliphatic heterocycles. The second kappa shape index (κ2) is 8.62. The zero-order valence-corrected chi connectivity index (χ0v) is 13.3. The fourth-order valence-electron chi connectivity index (χ4n) is 1.76. The van der Waals surface area contributed by atoms with Crippen molar-refractivity contribution in [1.82, 2.24) is 0 Å². The van der Waals surface area contributed by atoms with Crippen molar-refractivity contribution in [2.45, 2.75) is 13.8 Å². The van der Waals surface area contributed by atoms with Gasteiger partial charge in [-0.25, -0.2) is 0 Å². The summed E-state index contributed by atoms with van der Waals surface area (Å²) in [6.07, 6.45) is 0. The van der Waals surface area contributed by atoms with Crippen molar-refractivity contribution in [3.05, 3.63) is 59.7 Å². The highest BCUT2D eigenvalue weighted by Crippen LogP contribution is 2.17. The Morgan fingerprint density at radius 1 is 0.773 bits per heavy atom. The van der Waals surface area contributed by atoms with E-state index in [9.17, 15) is 9.59 Å². The van der Waals surface area contributed by atoms with Crippen LogP contribution in [-0.4, -0.2) is 25.8 Å². The van der Waals surface area contributed by atoms with Gasteiger partial charge >= 0.3 is 0 Å². The Hall–Kier alpha value is -2.62. The Balaban J connectivity index is 0.000000220. The minimum absolute atomic E-state index is 0.0300. The molecule has 2 rings (SSSR count). The van der Waals surface area contributed by atoms with E-state index in [1.54, 1.807) is 57.5 Å². The lowest BCUT2D eigenvalue weighted by atomic mass is 10.1. The SMILES string of the molecule is COc1ccc(C(C)=O)cc1.COc1ccccc1C(C)=O. The Labute approximate surface area is 130 Å². The van der Waals surface area contributed by atoms with Gasteiger partial charge in [0.2, 0.25) is 0 Å². The van der Waals surface area contributed by atoms with Crippen LogP contribution in [0, 0.1) is 0 Å². The van der Waals surface area contributed by atoms with E-state index in [1.807, 2.05) is 12.1 Å². The summed E-state index contributed by atoms with van der Waals surface area (Å²) < 4.78 is 9.92. The Morgan fingerprint density at radius 3 is 1.77 bits per heavy atom. The number of rotatable bonds is 4. The third kappa shape index (κ3) is 5.05. The van der Waals surface area contributed by atoms with Crippen LogP contribution in [0.5, 0.6) is 11.5 Å². The molecule has 0 atom stereocenters. The van der Waals surface area contributed by atoms with Crippen LogP contribution in [0.1, 0.15) is 34.6 Å². The molecular weight excluding hydrogens is 280 g/mol. The van der Waals surface area contributed by atoms with Crippen molar-refractivity contribution < 1.29 is 19.1 Å². The molecule has 4 nitrogen and oxygen atoms in total. The molecule has 0 unspecified atom stereocenters. The molecule has 116 valence electrons. The Morgan fingerprint density at radius 2 is 1.36 bits per heavy atom. The van der Waals surface area contributed by atoms with Crippen molar-refractivity contribution in [2.24, 2.45) is 0 Å². The maximum atomic E-state index is 10.9. The van der Waals surface area contributed by atoms with E-state index >= 15 is 0 Å². The van der Waals surface area contributed by atoms with Crippen LogP contribution in [0.2, 0.25) is 0 Å². The van der Waals surface area contributed by atoms with Crippen LogP contribution >= 0.6 is 0 Å². The highest BCUT2D eigenvalue weighted by Gasteiger charge is 2.04. The smallest absolute Gasteiger partial charge is 0.163 e. The molecule has 0 aliphatic carbocycles. The third-order valence-corrected chi connectivity index (χ3v) is 2.98. The lowest BCUT2D eigenvalue weighted by Crippen LogP contribution is -1.96. The number of Topliss-reactive ketones (excluding diaryl/α,β-unsaturated/α-hetero) is 2. The number of para-hydroxylation sites is 1. The predicted molar refractivity (Wildman–Crippen MR) is 86.0 cm³/mol. The second-order valence-electron chi connectivity index (χ2n) is 4.54. The molecule has 0 amide bonds. The molecule has 0 saturated carbocycles. The molecule has 4 heteroatoms. The van der Waals surface area contributed by atoms with Crippen LogP contribution in [0.25, 0.3) is 0 Å². The second-order valence-corrected chi connectivity index (χ2v) is 4.54. The fourth-order valence-corrected chi connectivity index (χ4v) is 1.76. The summed E-state index contributed by atoms with van der Waals surface area (Å²) in [7, 11) is 3.16.